The van der Waals surface area contributed by atoms with Crippen LogP contribution in [0.4, 0.5) is 0 Å². The van der Waals surface area contributed by atoms with Crippen molar-refractivity contribution in [3.8, 4) is 0 Å². The molecule has 1 aliphatic rings. The fourth-order valence-corrected chi connectivity index (χ4v) is 4.86. The van der Waals surface area contributed by atoms with Crippen molar-refractivity contribution >= 4 is 22.8 Å². The molecule has 0 bridgehead atoms. The Balaban J connectivity index is 1.62. The predicted molar refractivity (Wildman–Crippen MR) is 118 cm³/mol. The van der Waals surface area contributed by atoms with Gasteiger partial charge in [0.2, 0.25) is 5.91 Å². The summed E-state index contributed by atoms with van der Waals surface area (Å²) in [6.45, 7) is 2.75. The summed E-state index contributed by atoms with van der Waals surface area (Å²) >= 11 is 0. The lowest BCUT2D eigenvalue weighted by Crippen LogP contribution is -2.44. The molecule has 0 fully saturated rings. The van der Waals surface area contributed by atoms with E-state index < -0.39 is 5.97 Å². The molecule has 5 nitrogen and oxygen atoms in total. The van der Waals surface area contributed by atoms with Gasteiger partial charge in [-0.05, 0) is 36.5 Å². The van der Waals surface area contributed by atoms with E-state index in [0.29, 0.717) is 6.54 Å². The molecule has 4 rings (SSSR count). The van der Waals surface area contributed by atoms with Crippen LogP contribution in [0.15, 0.2) is 54.6 Å². The van der Waals surface area contributed by atoms with Crippen LogP contribution in [0.5, 0.6) is 0 Å². The second-order valence-electron chi connectivity index (χ2n) is 8.14. The molecular formula is C25H28N2O3. The molecule has 2 unspecified atom stereocenters. The van der Waals surface area contributed by atoms with E-state index in [4.69, 9.17) is 0 Å². The summed E-state index contributed by atoms with van der Waals surface area (Å²) in [5.41, 5.74) is 4.14. The molecule has 0 saturated carbocycles. The Bertz CT molecular complexity index is 1070. The summed E-state index contributed by atoms with van der Waals surface area (Å²) in [5, 5.41) is 10.4. The zero-order chi connectivity index (χ0) is 21.3. The van der Waals surface area contributed by atoms with Crippen molar-refractivity contribution in [2.45, 2.75) is 51.1 Å². The Hall–Kier alpha value is -3.08. The SMILES string of the molecule is CCC(C(=O)N(C)C1CCc2c(CC(=O)O)c3ccccc3n2C1)c1ccccc1. The first-order valence-electron chi connectivity index (χ1n) is 10.6. The molecular weight excluding hydrogens is 376 g/mol. The Morgan fingerprint density at radius 3 is 2.53 bits per heavy atom. The summed E-state index contributed by atoms with van der Waals surface area (Å²) in [5.74, 6) is -0.793. The van der Waals surface area contributed by atoms with E-state index in [9.17, 15) is 14.7 Å². The van der Waals surface area contributed by atoms with Gasteiger partial charge in [-0.25, -0.2) is 0 Å². The van der Waals surface area contributed by atoms with Crippen molar-refractivity contribution in [3.05, 3.63) is 71.4 Å². The number of para-hydroxylation sites is 1. The molecule has 2 heterocycles. The predicted octanol–water partition coefficient (Wildman–Crippen LogP) is 4.24. The Labute approximate surface area is 176 Å². The van der Waals surface area contributed by atoms with E-state index in [1.54, 1.807) is 0 Å². The zero-order valence-corrected chi connectivity index (χ0v) is 17.5. The quantitative estimate of drug-likeness (QED) is 0.669. The maximum absolute atomic E-state index is 13.3. The van der Waals surface area contributed by atoms with Gasteiger partial charge < -0.3 is 14.6 Å². The highest BCUT2D eigenvalue weighted by Gasteiger charge is 2.31. The molecule has 156 valence electrons. The minimum absolute atomic E-state index is 0.0359. The summed E-state index contributed by atoms with van der Waals surface area (Å²) in [6.07, 6.45) is 2.42. The van der Waals surface area contributed by atoms with Crippen molar-refractivity contribution in [1.29, 1.82) is 0 Å². The molecule has 2 aromatic carbocycles. The lowest BCUT2D eigenvalue weighted by atomic mass is 9.93. The molecule has 30 heavy (non-hydrogen) atoms. The second kappa shape index (κ2) is 8.34. The molecule has 1 amide bonds. The third kappa shape index (κ3) is 3.60. The number of carbonyl (C=O) groups excluding carboxylic acids is 1. The zero-order valence-electron chi connectivity index (χ0n) is 17.5. The number of amides is 1. The number of likely N-dealkylation sites (N-methyl/N-ethyl adjacent to an activating group) is 1. The average Bonchev–Trinajstić information content (AvgIpc) is 3.07. The highest BCUT2D eigenvalue weighted by molar-refractivity contribution is 5.89. The Morgan fingerprint density at radius 2 is 1.83 bits per heavy atom. The minimum Gasteiger partial charge on any atom is -0.481 e. The van der Waals surface area contributed by atoms with Gasteiger partial charge >= 0.3 is 5.97 Å². The molecule has 0 spiro atoms. The van der Waals surface area contributed by atoms with Gasteiger partial charge in [-0.2, -0.15) is 0 Å². The molecule has 1 N–H and O–H groups in total. The first kappa shape index (κ1) is 20.2. The standard InChI is InChI=1S/C25H28N2O3/c1-3-19(17-9-5-4-6-10-17)25(30)26(2)18-13-14-23-21(15-24(28)29)20-11-7-8-12-22(20)27(23)16-18/h4-12,18-19H,3,13-16H2,1-2H3,(H,28,29). The number of benzene rings is 2. The van der Waals surface area contributed by atoms with Crippen LogP contribution in [0.25, 0.3) is 10.9 Å². The summed E-state index contributed by atoms with van der Waals surface area (Å²) in [6, 6.07) is 18.1. The van der Waals surface area contributed by atoms with Crippen LogP contribution in [0, 0.1) is 0 Å². The van der Waals surface area contributed by atoms with Crippen LogP contribution in [0.3, 0.4) is 0 Å². The van der Waals surface area contributed by atoms with Gasteiger partial charge in [0.25, 0.3) is 0 Å². The van der Waals surface area contributed by atoms with Crippen molar-refractivity contribution in [1.82, 2.24) is 9.47 Å². The van der Waals surface area contributed by atoms with E-state index in [1.165, 1.54) is 0 Å². The monoisotopic (exact) mass is 404 g/mol. The molecule has 2 atom stereocenters. The first-order chi connectivity index (χ1) is 14.5. The molecule has 0 aliphatic carbocycles. The van der Waals surface area contributed by atoms with Crippen molar-refractivity contribution < 1.29 is 14.7 Å². The fraction of sp³-hybridized carbons (Fsp3) is 0.360. The fourth-order valence-electron chi connectivity index (χ4n) is 4.86. The second-order valence-corrected chi connectivity index (χ2v) is 8.14. The maximum Gasteiger partial charge on any atom is 0.307 e. The number of nitrogens with zero attached hydrogens (tertiary/aromatic N) is 2. The van der Waals surface area contributed by atoms with Gasteiger partial charge in [-0.1, -0.05) is 55.5 Å². The summed E-state index contributed by atoms with van der Waals surface area (Å²) in [7, 11) is 1.91. The third-order valence-electron chi connectivity index (χ3n) is 6.43. The summed E-state index contributed by atoms with van der Waals surface area (Å²) in [4.78, 5) is 26.7. The van der Waals surface area contributed by atoms with Crippen LogP contribution in [0.1, 0.15) is 42.5 Å². The third-order valence-corrected chi connectivity index (χ3v) is 6.43. The van der Waals surface area contributed by atoms with Gasteiger partial charge in [-0.3, -0.25) is 9.59 Å². The molecule has 5 heteroatoms. The molecule has 1 aromatic heterocycles. The van der Waals surface area contributed by atoms with Gasteiger partial charge in [0.1, 0.15) is 0 Å². The number of rotatable bonds is 6. The number of aliphatic carboxylic acids is 1. The number of hydrogen-bond acceptors (Lipinski definition) is 2. The number of carboxylic acids is 1. The smallest absolute Gasteiger partial charge is 0.307 e. The number of aromatic nitrogens is 1. The molecule has 1 aliphatic heterocycles. The number of carboxylic acid groups (broad SMARTS) is 1. The largest absolute Gasteiger partial charge is 0.481 e. The van der Waals surface area contributed by atoms with E-state index in [-0.39, 0.29) is 24.3 Å². The van der Waals surface area contributed by atoms with Crippen molar-refractivity contribution in [3.63, 3.8) is 0 Å². The van der Waals surface area contributed by atoms with E-state index in [1.807, 2.05) is 66.5 Å². The van der Waals surface area contributed by atoms with Crippen LogP contribution < -0.4 is 0 Å². The Kier molecular flexibility index (Phi) is 5.62. The van der Waals surface area contributed by atoms with E-state index >= 15 is 0 Å². The van der Waals surface area contributed by atoms with Gasteiger partial charge in [0.15, 0.2) is 0 Å². The highest BCUT2D eigenvalue weighted by Crippen LogP contribution is 2.33. The van der Waals surface area contributed by atoms with E-state index in [0.717, 1.165) is 47.0 Å². The van der Waals surface area contributed by atoms with Crippen molar-refractivity contribution in [2.75, 3.05) is 7.05 Å². The normalized spacial score (nSPS) is 16.8. The molecule has 0 radical (unpaired) electrons. The molecule has 3 aromatic rings. The topological polar surface area (TPSA) is 62.5 Å². The van der Waals surface area contributed by atoms with Crippen molar-refractivity contribution in [2.24, 2.45) is 0 Å². The van der Waals surface area contributed by atoms with Gasteiger partial charge in [-0.15, -0.1) is 0 Å². The Morgan fingerprint density at radius 1 is 1.13 bits per heavy atom. The van der Waals surface area contributed by atoms with Gasteiger partial charge in [0.05, 0.1) is 12.3 Å². The first-order valence-corrected chi connectivity index (χ1v) is 10.6. The number of hydrogen-bond donors (Lipinski definition) is 1. The van der Waals surface area contributed by atoms with Crippen LogP contribution in [-0.4, -0.2) is 39.5 Å². The maximum atomic E-state index is 13.3. The lowest BCUT2D eigenvalue weighted by Gasteiger charge is -2.35. The van der Waals surface area contributed by atoms with E-state index in [2.05, 4.69) is 11.5 Å². The lowest BCUT2D eigenvalue weighted by molar-refractivity contribution is -0.136. The number of fused-ring (bicyclic) bond motifs is 3. The average molecular weight is 405 g/mol. The minimum atomic E-state index is -0.808. The van der Waals surface area contributed by atoms with Crippen LogP contribution in [-0.2, 0) is 29.0 Å². The molecule has 0 saturated heterocycles. The number of carbonyl (C=O) groups is 2. The summed E-state index contributed by atoms with van der Waals surface area (Å²) < 4.78 is 2.23. The highest BCUT2D eigenvalue weighted by atomic mass is 16.4. The van der Waals surface area contributed by atoms with Crippen LogP contribution in [0.2, 0.25) is 0 Å². The van der Waals surface area contributed by atoms with Crippen LogP contribution >= 0.6 is 0 Å². The van der Waals surface area contributed by atoms with Gasteiger partial charge in [0, 0.05) is 36.2 Å².